The van der Waals surface area contributed by atoms with Crippen molar-refractivity contribution in [3.8, 4) is 11.1 Å². The van der Waals surface area contributed by atoms with E-state index in [2.05, 4.69) is 265 Å². The maximum atomic E-state index is 2.50. The van der Waals surface area contributed by atoms with Crippen molar-refractivity contribution in [2.24, 2.45) is 0 Å². The molecule has 11 aromatic carbocycles. The molecule has 0 bridgehead atoms. The molecule has 1 heterocycles. The lowest BCUT2D eigenvalue weighted by atomic mass is 9.98. The lowest BCUT2D eigenvalue weighted by Gasteiger charge is -2.45. The molecule has 0 aliphatic carbocycles. The summed E-state index contributed by atoms with van der Waals surface area (Å²) < 4.78 is 0. The molecule has 0 saturated heterocycles. The Morgan fingerprint density at radius 3 is 1.59 bits per heavy atom. The third-order valence-corrected chi connectivity index (χ3v) is 17.9. The molecule has 63 heavy (non-hydrogen) atoms. The van der Waals surface area contributed by atoms with Gasteiger partial charge >= 0.3 is 0 Å². The van der Waals surface area contributed by atoms with E-state index in [4.69, 9.17) is 0 Å². The first-order valence-corrected chi connectivity index (χ1v) is 23.8. The summed E-state index contributed by atoms with van der Waals surface area (Å²) in [5.74, 6) is 0. The molecular formula is C60H42N2Si. The molecule has 0 saturated carbocycles. The average molecular weight is 819 g/mol. The van der Waals surface area contributed by atoms with Crippen LogP contribution in [0.2, 0.25) is 0 Å². The molecule has 296 valence electrons. The normalized spacial score (nSPS) is 12.9. The summed E-state index contributed by atoms with van der Waals surface area (Å²) in [5, 5.41) is 13.0. The molecule has 12 rings (SSSR count). The lowest BCUT2D eigenvalue weighted by Crippen LogP contribution is -2.77. The van der Waals surface area contributed by atoms with Crippen molar-refractivity contribution >= 4 is 95.3 Å². The van der Waals surface area contributed by atoms with Gasteiger partial charge in [-0.05, 0) is 119 Å². The van der Waals surface area contributed by atoms with E-state index in [-0.39, 0.29) is 0 Å². The molecular weight excluding hydrogens is 777 g/mol. The highest BCUT2D eigenvalue weighted by Gasteiger charge is 2.49. The van der Waals surface area contributed by atoms with E-state index in [1.165, 1.54) is 75.6 Å². The molecule has 0 aromatic heterocycles. The fraction of sp³-hybridized carbons (Fsp3) is 0. The molecule has 1 aliphatic heterocycles. The van der Waals surface area contributed by atoms with Gasteiger partial charge in [-0.25, -0.2) is 0 Å². The fourth-order valence-electron chi connectivity index (χ4n) is 10.3. The van der Waals surface area contributed by atoms with Gasteiger partial charge in [0.1, 0.15) is 0 Å². The highest BCUT2D eigenvalue weighted by molar-refractivity contribution is 7.21. The summed E-state index contributed by atoms with van der Waals surface area (Å²) in [6, 6.07) is 94.4. The van der Waals surface area contributed by atoms with Gasteiger partial charge in [0.15, 0.2) is 8.07 Å². The predicted octanol–water partition coefficient (Wildman–Crippen LogP) is 13.4. The van der Waals surface area contributed by atoms with Crippen LogP contribution in [0, 0.1) is 0 Å². The molecule has 0 radical (unpaired) electrons. The Morgan fingerprint density at radius 2 is 0.841 bits per heavy atom. The van der Waals surface area contributed by atoms with Crippen LogP contribution >= 0.6 is 0 Å². The van der Waals surface area contributed by atoms with Crippen LogP contribution in [0.25, 0.3) is 43.4 Å². The largest absolute Gasteiger partial charge is 0.311 e. The minimum atomic E-state index is -2.86. The van der Waals surface area contributed by atoms with E-state index in [0.29, 0.717) is 0 Å². The van der Waals surface area contributed by atoms with Crippen LogP contribution in [-0.4, -0.2) is 8.07 Å². The summed E-state index contributed by atoms with van der Waals surface area (Å²) in [7, 11) is -2.86. The minimum Gasteiger partial charge on any atom is -0.311 e. The van der Waals surface area contributed by atoms with Gasteiger partial charge < -0.3 is 9.80 Å². The average Bonchev–Trinajstić information content (AvgIpc) is 3.36. The van der Waals surface area contributed by atoms with Gasteiger partial charge in [0, 0.05) is 34.1 Å². The maximum Gasteiger partial charge on any atom is 0.184 e. The molecule has 3 heteroatoms. The van der Waals surface area contributed by atoms with Crippen LogP contribution in [0.1, 0.15) is 0 Å². The first kappa shape index (κ1) is 36.8. The Hall–Kier alpha value is -7.98. The van der Waals surface area contributed by atoms with Crippen molar-refractivity contribution in [1.29, 1.82) is 0 Å². The zero-order valence-corrected chi connectivity index (χ0v) is 35.6. The van der Waals surface area contributed by atoms with Gasteiger partial charge in [0.2, 0.25) is 0 Å². The zero-order valence-electron chi connectivity index (χ0n) is 34.6. The smallest absolute Gasteiger partial charge is 0.184 e. The number of anilines is 6. The van der Waals surface area contributed by atoms with E-state index in [9.17, 15) is 0 Å². The van der Waals surface area contributed by atoms with Gasteiger partial charge in [-0.2, -0.15) is 0 Å². The van der Waals surface area contributed by atoms with E-state index >= 15 is 0 Å². The monoisotopic (exact) mass is 818 g/mol. The third kappa shape index (κ3) is 6.00. The van der Waals surface area contributed by atoms with Gasteiger partial charge in [-0.15, -0.1) is 0 Å². The van der Waals surface area contributed by atoms with Gasteiger partial charge in [-0.1, -0.05) is 200 Å². The molecule has 0 N–H and O–H groups in total. The van der Waals surface area contributed by atoms with Gasteiger partial charge in [0.05, 0.1) is 0 Å². The summed E-state index contributed by atoms with van der Waals surface area (Å²) in [6.07, 6.45) is 0. The number of fused-ring (bicyclic) bond motifs is 6. The first-order chi connectivity index (χ1) is 31.3. The third-order valence-electron chi connectivity index (χ3n) is 13.1. The van der Waals surface area contributed by atoms with Crippen LogP contribution in [0.5, 0.6) is 0 Å². The molecule has 0 unspecified atom stereocenters. The maximum absolute atomic E-state index is 2.86. The number of nitrogens with zero attached hydrogens (tertiary/aromatic N) is 2. The molecule has 0 atom stereocenters. The van der Waals surface area contributed by atoms with E-state index < -0.39 is 8.07 Å². The van der Waals surface area contributed by atoms with Crippen LogP contribution in [0.3, 0.4) is 0 Å². The predicted molar refractivity (Wildman–Crippen MR) is 271 cm³/mol. The van der Waals surface area contributed by atoms with E-state index in [1.807, 2.05) is 0 Å². The second-order valence-corrected chi connectivity index (χ2v) is 20.2. The Morgan fingerprint density at radius 1 is 0.317 bits per heavy atom. The molecule has 1 aliphatic rings. The molecule has 0 amide bonds. The van der Waals surface area contributed by atoms with E-state index in [0.717, 1.165) is 22.7 Å². The van der Waals surface area contributed by atoms with Crippen molar-refractivity contribution in [3.63, 3.8) is 0 Å². The highest BCUT2D eigenvalue weighted by Crippen LogP contribution is 2.44. The van der Waals surface area contributed by atoms with Crippen LogP contribution in [0.4, 0.5) is 34.1 Å². The zero-order chi connectivity index (χ0) is 41.7. The molecule has 0 fully saturated rings. The van der Waals surface area contributed by atoms with Crippen LogP contribution in [-0.2, 0) is 0 Å². The standard InChI is InChI=1S/C60H42N2Si/c1-4-20-47(21-5-1)62-57-29-14-15-30-59(57)63(51-22-6-2-7-23-51,52-24-8-3-9-25-52)60-40-38-50(42-58(60)62)61(49-37-39-56-46(41-49)32-31-44-18-11-13-27-54(44)56)48-35-33-45(34-36-48)55-28-16-19-43-17-10-12-26-53(43)55/h1-42H. The molecule has 0 spiro atoms. The van der Waals surface area contributed by atoms with Gasteiger partial charge in [0.25, 0.3) is 0 Å². The Kier molecular flexibility index (Phi) is 8.87. The number of para-hydroxylation sites is 2. The SMILES string of the molecule is c1ccc(N2c3ccccc3[Si](c3ccccc3)(c3ccccc3)c3ccc(N(c4ccc(-c5cccc6ccccc56)cc4)c4ccc5c(ccc6ccccc65)c4)cc32)cc1. The number of benzene rings is 11. The summed E-state index contributed by atoms with van der Waals surface area (Å²) in [6.45, 7) is 0. The summed E-state index contributed by atoms with van der Waals surface area (Å²) in [4.78, 5) is 4.94. The summed E-state index contributed by atoms with van der Waals surface area (Å²) >= 11 is 0. The number of hydrogen-bond acceptors (Lipinski definition) is 2. The fourth-order valence-corrected chi connectivity index (χ4v) is 15.4. The van der Waals surface area contributed by atoms with Crippen molar-refractivity contribution in [2.45, 2.75) is 0 Å². The number of rotatable bonds is 7. The van der Waals surface area contributed by atoms with Crippen molar-refractivity contribution in [1.82, 2.24) is 0 Å². The molecule has 2 nitrogen and oxygen atoms in total. The molecule has 11 aromatic rings. The Bertz CT molecular complexity index is 3410. The quantitative estimate of drug-likeness (QED) is 0.117. The van der Waals surface area contributed by atoms with Gasteiger partial charge in [-0.3, -0.25) is 0 Å². The first-order valence-electron chi connectivity index (χ1n) is 21.8. The highest BCUT2D eigenvalue weighted by atomic mass is 28.3. The summed E-state index contributed by atoms with van der Waals surface area (Å²) in [5.41, 5.74) is 9.27. The van der Waals surface area contributed by atoms with Crippen LogP contribution < -0.4 is 30.5 Å². The van der Waals surface area contributed by atoms with E-state index in [1.54, 1.807) is 0 Å². The second kappa shape index (κ2) is 15.2. The Balaban J connectivity index is 1.12. The topological polar surface area (TPSA) is 6.48 Å². The lowest BCUT2D eigenvalue weighted by molar-refractivity contribution is 1.26. The Labute approximate surface area is 369 Å². The van der Waals surface area contributed by atoms with Crippen molar-refractivity contribution in [2.75, 3.05) is 9.80 Å². The van der Waals surface area contributed by atoms with Crippen LogP contribution in [0.15, 0.2) is 255 Å². The minimum absolute atomic E-state index is 1.09. The van der Waals surface area contributed by atoms with Crippen molar-refractivity contribution < 1.29 is 0 Å². The van der Waals surface area contributed by atoms with Crippen molar-refractivity contribution in [3.05, 3.63) is 255 Å². The second-order valence-electron chi connectivity index (χ2n) is 16.5. The number of hydrogen-bond donors (Lipinski definition) is 0.